The Morgan fingerprint density at radius 3 is 2.60 bits per heavy atom. The number of hydrogen-bond acceptors (Lipinski definition) is 4. The quantitative estimate of drug-likeness (QED) is 0.367. The highest BCUT2D eigenvalue weighted by Crippen LogP contribution is 2.31. The van der Waals surface area contributed by atoms with Crippen molar-refractivity contribution in [1.82, 2.24) is 9.55 Å². The fourth-order valence-electron chi connectivity index (χ4n) is 3.23. The van der Waals surface area contributed by atoms with Gasteiger partial charge in [0.15, 0.2) is 5.13 Å². The van der Waals surface area contributed by atoms with E-state index in [1.807, 2.05) is 65.4 Å². The molecule has 0 bridgehead atoms. The second-order valence-corrected chi connectivity index (χ2v) is 8.51. The van der Waals surface area contributed by atoms with Crippen LogP contribution in [-0.2, 0) is 6.54 Å². The van der Waals surface area contributed by atoms with Crippen LogP contribution < -0.4 is 11.1 Å². The summed E-state index contributed by atoms with van der Waals surface area (Å²) in [6.45, 7) is 2.43. The van der Waals surface area contributed by atoms with Gasteiger partial charge in [-0.05, 0) is 55.0 Å². The van der Waals surface area contributed by atoms with Crippen LogP contribution in [0.15, 0.2) is 60.0 Å². The molecule has 0 spiro atoms. The second kappa shape index (κ2) is 8.52. The van der Waals surface area contributed by atoms with Gasteiger partial charge in [0.2, 0.25) is 0 Å². The molecule has 152 valence electrons. The lowest BCUT2D eigenvalue weighted by Gasteiger charge is -2.11. The summed E-state index contributed by atoms with van der Waals surface area (Å²) >= 11 is 13.6. The predicted octanol–water partition coefficient (Wildman–Crippen LogP) is 6.12. The van der Waals surface area contributed by atoms with E-state index in [1.165, 1.54) is 11.3 Å². The Bertz CT molecular complexity index is 1210. The molecule has 30 heavy (non-hydrogen) atoms. The fraction of sp³-hybridized carbons (Fsp3) is 0.0909. The molecule has 0 radical (unpaired) electrons. The largest absolute Gasteiger partial charge is 0.366 e. The third-order valence-electron chi connectivity index (χ3n) is 4.72. The molecule has 3 N–H and O–H groups in total. The van der Waals surface area contributed by atoms with Crippen molar-refractivity contribution in [3.63, 3.8) is 0 Å². The molecule has 0 fully saturated rings. The monoisotopic (exact) mass is 456 g/mol. The van der Waals surface area contributed by atoms with E-state index in [-0.39, 0.29) is 0 Å². The summed E-state index contributed by atoms with van der Waals surface area (Å²) < 4.78 is 2.03. The van der Waals surface area contributed by atoms with E-state index >= 15 is 0 Å². The summed E-state index contributed by atoms with van der Waals surface area (Å²) in [6, 6.07) is 16.8. The first-order chi connectivity index (χ1) is 14.4. The summed E-state index contributed by atoms with van der Waals surface area (Å²) in [7, 11) is 0. The molecular weight excluding hydrogens is 439 g/mol. The first-order valence-electron chi connectivity index (χ1n) is 9.13. The van der Waals surface area contributed by atoms with E-state index < -0.39 is 5.91 Å². The Labute approximate surface area is 188 Å². The van der Waals surface area contributed by atoms with Gasteiger partial charge in [0, 0.05) is 33.4 Å². The van der Waals surface area contributed by atoms with Crippen molar-refractivity contribution in [1.29, 1.82) is 0 Å². The summed E-state index contributed by atoms with van der Waals surface area (Å²) in [5.41, 5.74) is 10.4. The average Bonchev–Trinajstić information content (AvgIpc) is 3.29. The number of aromatic nitrogens is 2. The minimum Gasteiger partial charge on any atom is -0.366 e. The smallest absolute Gasteiger partial charge is 0.250 e. The van der Waals surface area contributed by atoms with Crippen LogP contribution in [0.2, 0.25) is 10.0 Å². The number of nitrogens with two attached hydrogens (primary N) is 1. The van der Waals surface area contributed by atoms with E-state index in [2.05, 4.69) is 5.32 Å². The molecule has 4 rings (SSSR count). The number of nitrogens with one attached hydrogen (secondary N) is 1. The lowest BCUT2D eigenvalue weighted by molar-refractivity contribution is 0.0999. The maximum atomic E-state index is 11.9. The number of halogens is 2. The van der Waals surface area contributed by atoms with E-state index in [9.17, 15) is 4.79 Å². The van der Waals surface area contributed by atoms with Gasteiger partial charge in [-0.1, -0.05) is 35.3 Å². The van der Waals surface area contributed by atoms with E-state index in [0.29, 0.717) is 22.2 Å². The number of rotatable bonds is 6. The molecule has 0 aliphatic heterocycles. The Morgan fingerprint density at radius 1 is 1.13 bits per heavy atom. The zero-order valence-electron chi connectivity index (χ0n) is 16.0. The first-order valence-corrected chi connectivity index (χ1v) is 10.8. The molecule has 0 saturated heterocycles. The van der Waals surface area contributed by atoms with Crippen LogP contribution in [0, 0.1) is 6.92 Å². The van der Waals surface area contributed by atoms with Crippen LogP contribution in [0.4, 0.5) is 10.8 Å². The van der Waals surface area contributed by atoms with Crippen molar-refractivity contribution in [2.45, 2.75) is 13.5 Å². The summed E-state index contributed by atoms with van der Waals surface area (Å²) in [5, 5.41) is 7.30. The molecule has 5 nitrogen and oxygen atoms in total. The van der Waals surface area contributed by atoms with Gasteiger partial charge in [0.25, 0.3) is 5.91 Å². The number of primary amides is 1. The van der Waals surface area contributed by atoms with Crippen molar-refractivity contribution in [3.05, 3.63) is 86.8 Å². The van der Waals surface area contributed by atoms with Crippen LogP contribution in [0.5, 0.6) is 0 Å². The Hall–Kier alpha value is -2.80. The Kier molecular flexibility index (Phi) is 5.81. The molecule has 0 aliphatic carbocycles. The highest BCUT2D eigenvalue weighted by molar-refractivity contribution is 7.14. The number of nitrogens with zero attached hydrogens (tertiary/aromatic N) is 2. The molecular formula is C22H18Cl2N4OS. The van der Waals surface area contributed by atoms with Crippen LogP contribution >= 0.6 is 34.5 Å². The van der Waals surface area contributed by atoms with Crippen LogP contribution in [0.1, 0.15) is 21.6 Å². The lowest BCUT2D eigenvalue weighted by atomic mass is 10.2. The zero-order valence-corrected chi connectivity index (χ0v) is 18.4. The third kappa shape index (κ3) is 4.36. The van der Waals surface area contributed by atoms with E-state index in [4.69, 9.17) is 33.9 Å². The minimum atomic E-state index is -0.465. The Balaban J connectivity index is 1.69. The highest BCUT2D eigenvalue weighted by Gasteiger charge is 2.19. The molecule has 8 heteroatoms. The van der Waals surface area contributed by atoms with Crippen LogP contribution in [0.3, 0.4) is 0 Å². The molecule has 1 amide bonds. The second-order valence-electron chi connectivity index (χ2n) is 6.78. The maximum Gasteiger partial charge on any atom is 0.250 e. The normalized spacial score (nSPS) is 10.9. The maximum absolute atomic E-state index is 11.9. The van der Waals surface area contributed by atoms with Gasteiger partial charge >= 0.3 is 0 Å². The van der Waals surface area contributed by atoms with Gasteiger partial charge in [-0.15, -0.1) is 11.3 Å². The van der Waals surface area contributed by atoms with Crippen molar-refractivity contribution in [3.8, 4) is 11.4 Å². The van der Waals surface area contributed by atoms with Gasteiger partial charge in [-0.2, -0.15) is 0 Å². The zero-order chi connectivity index (χ0) is 21.3. The SMILES string of the molecule is Cc1c(C(N)=O)cc(-c2csc(Nc3ccc(Cl)cc3)n2)n1Cc1cccc(Cl)c1. The van der Waals surface area contributed by atoms with Crippen molar-refractivity contribution >= 4 is 51.3 Å². The topological polar surface area (TPSA) is 72.9 Å². The lowest BCUT2D eigenvalue weighted by Crippen LogP contribution is -2.12. The van der Waals surface area contributed by atoms with Gasteiger partial charge in [-0.3, -0.25) is 4.79 Å². The molecule has 2 heterocycles. The third-order valence-corrected chi connectivity index (χ3v) is 5.97. The number of carbonyl (C=O) groups excluding carboxylic acids is 1. The molecule has 2 aromatic carbocycles. The first kappa shape index (κ1) is 20.5. The minimum absolute atomic E-state index is 0.465. The molecule has 0 unspecified atom stereocenters. The standard InChI is InChI=1S/C22H18Cl2N4OS/c1-13-18(21(25)29)10-20(28(13)11-14-3-2-4-16(24)9-14)19-12-30-22(27-19)26-17-7-5-15(23)6-8-17/h2-10,12H,11H2,1H3,(H2,25,29)(H,26,27). The number of benzene rings is 2. The molecule has 0 aliphatic rings. The number of thiazole rings is 1. The van der Waals surface area contributed by atoms with Gasteiger partial charge in [-0.25, -0.2) is 4.98 Å². The van der Waals surface area contributed by atoms with Crippen LogP contribution in [-0.4, -0.2) is 15.5 Å². The molecule has 2 aromatic heterocycles. The molecule has 0 saturated carbocycles. The van der Waals surface area contributed by atoms with Crippen LogP contribution in [0.25, 0.3) is 11.4 Å². The van der Waals surface area contributed by atoms with E-state index in [0.717, 1.165) is 33.5 Å². The summed E-state index contributed by atoms with van der Waals surface area (Å²) in [4.78, 5) is 16.7. The fourth-order valence-corrected chi connectivity index (χ4v) is 4.30. The molecule has 4 aromatic rings. The summed E-state index contributed by atoms with van der Waals surface area (Å²) in [6.07, 6.45) is 0. The van der Waals surface area contributed by atoms with E-state index in [1.54, 1.807) is 6.07 Å². The number of amides is 1. The highest BCUT2D eigenvalue weighted by atomic mass is 35.5. The van der Waals surface area contributed by atoms with Gasteiger partial charge in [0.05, 0.1) is 17.0 Å². The molecule has 0 atom stereocenters. The van der Waals surface area contributed by atoms with Crippen molar-refractivity contribution in [2.75, 3.05) is 5.32 Å². The summed E-state index contributed by atoms with van der Waals surface area (Å²) in [5.74, 6) is -0.465. The Morgan fingerprint density at radius 2 is 1.90 bits per heavy atom. The average molecular weight is 457 g/mol. The number of anilines is 2. The number of carbonyl (C=O) groups is 1. The van der Waals surface area contributed by atoms with Gasteiger partial charge < -0.3 is 15.6 Å². The van der Waals surface area contributed by atoms with Crippen molar-refractivity contribution < 1.29 is 4.79 Å². The van der Waals surface area contributed by atoms with Crippen molar-refractivity contribution in [2.24, 2.45) is 5.73 Å². The van der Waals surface area contributed by atoms with Gasteiger partial charge in [0.1, 0.15) is 0 Å². The predicted molar refractivity (Wildman–Crippen MR) is 124 cm³/mol. The number of hydrogen-bond donors (Lipinski definition) is 2.